The number of ether oxygens (including phenoxy) is 2. The fourth-order valence-corrected chi connectivity index (χ4v) is 1.62. The molecule has 0 radical (unpaired) electrons. The molecule has 0 aliphatic heterocycles. The summed E-state index contributed by atoms with van der Waals surface area (Å²) in [4.78, 5) is 10.4. The van der Waals surface area contributed by atoms with Gasteiger partial charge in [-0.25, -0.2) is 0 Å². The van der Waals surface area contributed by atoms with E-state index >= 15 is 0 Å². The second-order valence-electron chi connectivity index (χ2n) is 3.46. The standard InChI is InChI=1S/C9H16O3/c1-7(10)12-6-9-3-8(4-9)5-11-2/h8-9H,3-6H2,1-2H3. The van der Waals surface area contributed by atoms with E-state index in [-0.39, 0.29) is 5.97 Å². The molecule has 1 fully saturated rings. The third-order valence-electron chi connectivity index (χ3n) is 2.26. The van der Waals surface area contributed by atoms with Crippen LogP contribution in [0.3, 0.4) is 0 Å². The lowest BCUT2D eigenvalue weighted by Crippen LogP contribution is -2.30. The number of methoxy groups -OCH3 is 1. The molecule has 0 amide bonds. The van der Waals surface area contributed by atoms with E-state index in [9.17, 15) is 4.79 Å². The summed E-state index contributed by atoms with van der Waals surface area (Å²) >= 11 is 0. The van der Waals surface area contributed by atoms with E-state index in [1.54, 1.807) is 7.11 Å². The number of carbonyl (C=O) groups excluding carboxylic acids is 1. The van der Waals surface area contributed by atoms with Crippen LogP contribution in [0.15, 0.2) is 0 Å². The molecule has 3 nitrogen and oxygen atoms in total. The van der Waals surface area contributed by atoms with Crippen molar-refractivity contribution < 1.29 is 14.3 Å². The Bertz CT molecular complexity index is 150. The van der Waals surface area contributed by atoms with Crippen molar-refractivity contribution in [3.8, 4) is 0 Å². The molecule has 1 aliphatic rings. The molecule has 0 atom stereocenters. The number of esters is 1. The Labute approximate surface area is 73.0 Å². The Morgan fingerprint density at radius 3 is 2.42 bits per heavy atom. The molecular formula is C9H16O3. The summed E-state index contributed by atoms with van der Waals surface area (Å²) in [6.45, 7) is 2.89. The number of rotatable bonds is 4. The first-order valence-electron chi connectivity index (χ1n) is 4.34. The summed E-state index contributed by atoms with van der Waals surface area (Å²) in [7, 11) is 1.72. The van der Waals surface area contributed by atoms with E-state index in [1.807, 2.05) is 0 Å². The molecule has 1 aliphatic carbocycles. The first kappa shape index (κ1) is 9.52. The minimum Gasteiger partial charge on any atom is -0.466 e. The monoisotopic (exact) mass is 172 g/mol. The highest BCUT2D eigenvalue weighted by molar-refractivity contribution is 5.65. The van der Waals surface area contributed by atoms with Crippen LogP contribution < -0.4 is 0 Å². The topological polar surface area (TPSA) is 35.5 Å². The van der Waals surface area contributed by atoms with E-state index in [2.05, 4.69) is 0 Å². The lowest BCUT2D eigenvalue weighted by Gasteiger charge is -2.34. The van der Waals surface area contributed by atoms with Crippen LogP contribution in [0.1, 0.15) is 19.8 Å². The molecule has 0 aromatic rings. The Balaban J connectivity index is 1.98. The van der Waals surface area contributed by atoms with Crippen molar-refractivity contribution in [1.82, 2.24) is 0 Å². The summed E-state index contributed by atoms with van der Waals surface area (Å²) in [5.74, 6) is 1.09. The van der Waals surface area contributed by atoms with Gasteiger partial charge in [0.1, 0.15) is 0 Å². The van der Waals surface area contributed by atoms with Gasteiger partial charge < -0.3 is 9.47 Å². The van der Waals surface area contributed by atoms with Crippen LogP contribution in [-0.2, 0) is 14.3 Å². The van der Waals surface area contributed by atoms with Crippen LogP contribution >= 0.6 is 0 Å². The molecule has 0 aromatic carbocycles. The Morgan fingerprint density at radius 2 is 1.92 bits per heavy atom. The normalized spacial score (nSPS) is 27.8. The van der Waals surface area contributed by atoms with Gasteiger partial charge in [0.2, 0.25) is 0 Å². The summed E-state index contributed by atoms with van der Waals surface area (Å²) in [6, 6.07) is 0. The summed E-state index contributed by atoms with van der Waals surface area (Å²) in [6.07, 6.45) is 2.28. The molecule has 0 unspecified atom stereocenters. The van der Waals surface area contributed by atoms with Crippen LogP contribution in [0, 0.1) is 11.8 Å². The van der Waals surface area contributed by atoms with Gasteiger partial charge in [-0.2, -0.15) is 0 Å². The predicted molar refractivity (Wildman–Crippen MR) is 44.7 cm³/mol. The van der Waals surface area contributed by atoms with Crippen LogP contribution in [0.5, 0.6) is 0 Å². The SMILES string of the molecule is COCC1CC(COC(C)=O)C1. The Morgan fingerprint density at radius 1 is 1.33 bits per heavy atom. The summed E-state index contributed by atoms with van der Waals surface area (Å²) in [5, 5.41) is 0. The van der Waals surface area contributed by atoms with Crippen molar-refractivity contribution in [2.24, 2.45) is 11.8 Å². The highest BCUT2D eigenvalue weighted by atomic mass is 16.5. The fraction of sp³-hybridized carbons (Fsp3) is 0.889. The van der Waals surface area contributed by atoms with Crippen molar-refractivity contribution in [2.45, 2.75) is 19.8 Å². The average molecular weight is 172 g/mol. The van der Waals surface area contributed by atoms with Crippen molar-refractivity contribution in [1.29, 1.82) is 0 Å². The van der Waals surface area contributed by atoms with Gasteiger partial charge in [-0.05, 0) is 24.7 Å². The molecule has 0 heterocycles. The van der Waals surface area contributed by atoms with Crippen LogP contribution in [0.25, 0.3) is 0 Å². The lowest BCUT2D eigenvalue weighted by molar-refractivity contribution is -0.144. The maximum absolute atomic E-state index is 10.4. The van der Waals surface area contributed by atoms with Crippen molar-refractivity contribution in [3.05, 3.63) is 0 Å². The quantitative estimate of drug-likeness (QED) is 0.598. The number of carbonyl (C=O) groups is 1. The molecule has 1 rings (SSSR count). The highest BCUT2D eigenvalue weighted by Gasteiger charge is 2.29. The van der Waals surface area contributed by atoms with Gasteiger partial charge in [0.05, 0.1) is 6.61 Å². The van der Waals surface area contributed by atoms with E-state index < -0.39 is 0 Å². The molecule has 0 saturated heterocycles. The molecule has 0 N–H and O–H groups in total. The number of hydrogen-bond acceptors (Lipinski definition) is 3. The molecule has 0 bridgehead atoms. The van der Waals surface area contributed by atoms with Gasteiger partial charge in [0, 0.05) is 20.6 Å². The minimum atomic E-state index is -0.176. The van der Waals surface area contributed by atoms with Crippen LogP contribution in [0.2, 0.25) is 0 Å². The number of hydrogen-bond donors (Lipinski definition) is 0. The van der Waals surface area contributed by atoms with Gasteiger partial charge in [-0.15, -0.1) is 0 Å². The second kappa shape index (κ2) is 4.45. The zero-order valence-corrected chi connectivity index (χ0v) is 7.71. The fourth-order valence-electron chi connectivity index (χ4n) is 1.62. The molecule has 12 heavy (non-hydrogen) atoms. The zero-order valence-electron chi connectivity index (χ0n) is 7.71. The average Bonchev–Trinajstić information content (AvgIpc) is 1.93. The lowest BCUT2D eigenvalue weighted by atomic mass is 9.76. The third-order valence-corrected chi connectivity index (χ3v) is 2.26. The van der Waals surface area contributed by atoms with Gasteiger partial charge >= 0.3 is 5.97 Å². The predicted octanol–water partition coefficient (Wildman–Crippen LogP) is 1.22. The maximum Gasteiger partial charge on any atom is 0.302 e. The molecular weight excluding hydrogens is 156 g/mol. The van der Waals surface area contributed by atoms with Crippen LogP contribution in [-0.4, -0.2) is 26.3 Å². The smallest absolute Gasteiger partial charge is 0.302 e. The third kappa shape index (κ3) is 2.81. The highest BCUT2D eigenvalue weighted by Crippen LogP contribution is 2.33. The molecule has 1 saturated carbocycles. The van der Waals surface area contributed by atoms with E-state index in [0.717, 1.165) is 19.4 Å². The van der Waals surface area contributed by atoms with E-state index in [0.29, 0.717) is 18.4 Å². The molecule has 0 spiro atoms. The minimum absolute atomic E-state index is 0.176. The summed E-state index contributed by atoms with van der Waals surface area (Å²) < 4.78 is 9.90. The van der Waals surface area contributed by atoms with Crippen LogP contribution in [0.4, 0.5) is 0 Å². The Hall–Kier alpha value is -0.570. The van der Waals surface area contributed by atoms with Crippen molar-refractivity contribution >= 4 is 5.97 Å². The van der Waals surface area contributed by atoms with E-state index in [1.165, 1.54) is 6.92 Å². The first-order valence-corrected chi connectivity index (χ1v) is 4.34. The van der Waals surface area contributed by atoms with Crippen molar-refractivity contribution in [2.75, 3.05) is 20.3 Å². The second-order valence-corrected chi connectivity index (χ2v) is 3.46. The largest absolute Gasteiger partial charge is 0.466 e. The van der Waals surface area contributed by atoms with Gasteiger partial charge in [0.15, 0.2) is 0 Å². The van der Waals surface area contributed by atoms with Gasteiger partial charge in [-0.1, -0.05) is 0 Å². The van der Waals surface area contributed by atoms with Crippen molar-refractivity contribution in [3.63, 3.8) is 0 Å². The maximum atomic E-state index is 10.4. The Kier molecular flexibility index (Phi) is 3.53. The van der Waals surface area contributed by atoms with Gasteiger partial charge in [0.25, 0.3) is 0 Å². The molecule has 70 valence electrons. The summed E-state index contributed by atoms with van der Waals surface area (Å²) in [5.41, 5.74) is 0. The zero-order chi connectivity index (χ0) is 8.97. The van der Waals surface area contributed by atoms with Gasteiger partial charge in [-0.3, -0.25) is 4.79 Å². The molecule has 3 heteroatoms. The molecule has 0 aromatic heterocycles. The van der Waals surface area contributed by atoms with E-state index in [4.69, 9.17) is 9.47 Å². The first-order chi connectivity index (χ1) is 5.72.